The molecule has 7 nitrogen and oxygen atoms in total. The van der Waals surface area contributed by atoms with Gasteiger partial charge in [-0.3, -0.25) is 0 Å². The second-order valence-corrected chi connectivity index (χ2v) is 7.13. The standard InChI is InChI=1S/C16H26N2O5S/c1-4-12(3)18-24(21,22)13-7-8-15(14(11-13)16(19)20)17-9-6-10-23-5-2/h7-8,11-12,17-18H,4-6,9-10H2,1-3H3,(H,19,20)/t12-/m0/s1. The zero-order valence-corrected chi connectivity index (χ0v) is 15.1. The SMILES string of the molecule is CCOCCCNc1ccc(S(=O)(=O)N[C@@H](C)CC)cc1C(=O)O. The summed E-state index contributed by atoms with van der Waals surface area (Å²) in [6, 6.07) is 3.84. The fraction of sp³-hybridized carbons (Fsp3) is 0.562. The van der Waals surface area contributed by atoms with E-state index in [2.05, 4.69) is 10.0 Å². The predicted octanol–water partition coefficient (Wildman–Crippen LogP) is 2.30. The quantitative estimate of drug-likeness (QED) is 0.524. The highest BCUT2D eigenvalue weighted by molar-refractivity contribution is 7.89. The lowest BCUT2D eigenvalue weighted by molar-refractivity contribution is 0.0697. The van der Waals surface area contributed by atoms with E-state index in [0.29, 0.717) is 31.9 Å². The van der Waals surface area contributed by atoms with E-state index < -0.39 is 16.0 Å². The van der Waals surface area contributed by atoms with Crippen molar-refractivity contribution < 1.29 is 23.1 Å². The van der Waals surface area contributed by atoms with Crippen LogP contribution in [0.15, 0.2) is 23.1 Å². The predicted molar refractivity (Wildman–Crippen MR) is 93.1 cm³/mol. The van der Waals surface area contributed by atoms with E-state index in [4.69, 9.17) is 4.74 Å². The van der Waals surface area contributed by atoms with Gasteiger partial charge in [-0.2, -0.15) is 0 Å². The van der Waals surface area contributed by atoms with Crippen LogP contribution in [-0.4, -0.2) is 45.3 Å². The number of nitrogens with one attached hydrogen (secondary N) is 2. The largest absolute Gasteiger partial charge is 0.478 e. The number of aromatic carboxylic acids is 1. The van der Waals surface area contributed by atoms with Gasteiger partial charge < -0.3 is 15.2 Å². The first-order valence-corrected chi connectivity index (χ1v) is 9.51. The van der Waals surface area contributed by atoms with E-state index in [1.54, 1.807) is 6.92 Å². The maximum atomic E-state index is 12.3. The number of carbonyl (C=O) groups is 1. The molecule has 0 bridgehead atoms. The molecule has 0 aliphatic carbocycles. The lowest BCUT2D eigenvalue weighted by atomic mass is 10.2. The van der Waals surface area contributed by atoms with E-state index >= 15 is 0 Å². The first kappa shape index (κ1) is 20.4. The second-order valence-electron chi connectivity index (χ2n) is 5.42. The number of anilines is 1. The second kappa shape index (κ2) is 9.61. The monoisotopic (exact) mass is 358 g/mol. The van der Waals surface area contributed by atoms with Crippen LogP contribution >= 0.6 is 0 Å². The summed E-state index contributed by atoms with van der Waals surface area (Å²) < 4.78 is 32.3. The van der Waals surface area contributed by atoms with Gasteiger partial charge >= 0.3 is 5.97 Å². The summed E-state index contributed by atoms with van der Waals surface area (Å²) in [5.41, 5.74) is 0.319. The Morgan fingerprint density at radius 1 is 1.33 bits per heavy atom. The molecular weight excluding hydrogens is 332 g/mol. The van der Waals surface area contributed by atoms with Gasteiger partial charge in [0.25, 0.3) is 0 Å². The van der Waals surface area contributed by atoms with Crippen LogP contribution in [0.1, 0.15) is 44.0 Å². The topological polar surface area (TPSA) is 105 Å². The van der Waals surface area contributed by atoms with E-state index in [1.807, 2.05) is 13.8 Å². The number of ether oxygens (including phenoxy) is 1. The first-order valence-electron chi connectivity index (χ1n) is 8.03. The molecule has 0 unspecified atom stereocenters. The molecule has 1 aromatic carbocycles. The summed E-state index contributed by atoms with van der Waals surface area (Å²) in [6.45, 7) is 7.28. The van der Waals surface area contributed by atoms with Crippen molar-refractivity contribution in [1.29, 1.82) is 0 Å². The van der Waals surface area contributed by atoms with E-state index in [-0.39, 0.29) is 16.5 Å². The van der Waals surface area contributed by atoms with E-state index in [0.717, 1.165) is 6.42 Å². The van der Waals surface area contributed by atoms with Gasteiger partial charge in [-0.05, 0) is 44.9 Å². The van der Waals surface area contributed by atoms with Gasteiger partial charge in [-0.1, -0.05) is 6.92 Å². The molecule has 1 rings (SSSR count). The zero-order chi connectivity index (χ0) is 18.2. The number of benzene rings is 1. The highest BCUT2D eigenvalue weighted by atomic mass is 32.2. The van der Waals surface area contributed by atoms with Crippen LogP contribution in [-0.2, 0) is 14.8 Å². The third kappa shape index (κ3) is 6.10. The minimum atomic E-state index is -3.74. The summed E-state index contributed by atoms with van der Waals surface area (Å²) in [4.78, 5) is 11.4. The smallest absolute Gasteiger partial charge is 0.337 e. The van der Waals surface area contributed by atoms with Crippen molar-refractivity contribution in [2.24, 2.45) is 0 Å². The molecule has 0 amide bonds. The van der Waals surface area contributed by atoms with E-state index in [9.17, 15) is 18.3 Å². The Labute approximate surface area is 143 Å². The summed E-state index contributed by atoms with van der Waals surface area (Å²) in [5, 5.41) is 12.4. The molecule has 0 aliphatic rings. The molecule has 3 N–H and O–H groups in total. The van der Waals surface area contributed by atoms with Crippen molar-refractivity contribution in [1.82, 2.24) is 4.72 Å². The van der Waals surface area contributed by atoms with Crippen molar-refractivity contribution in [2.75, 3.05) is 25.1 Å². The fourth-order valence-electron chi connectivity index (χ4n) is 1.98. The van der Waals surface area contributed by atoms with Crippen LogP contribution < -0.4 is 10.0 Å². The van der Waals surface area contributed by atoms with Crippen molar-refractivity contribution in [3.63, 3.8) is 0 Å². The summed E-state index contributed by atoms with van der Waals surface area (Å²) in [6.07, 6.45) is 1.37. The number of rotatable bonds is 11. The Bertz CT molecular complexity index is 646. The zero-order valence-electron chi connectivity index (χ0n) is 14.3. The Morgan fingerprint density at radius 2 is 2.04 bits per heavy atom. The molecule has 0 fully saturated rings. The Kier molecular flexibility index (Phi) is 8.17. The average molecular weight is 358 g/mol. The van der Waals surface area contributed by atoms with Crippen LogP contribution in [0.2, 0.25) is 0 Å². The van der Waals surface area contributed by atoms with E-state index in [1.165, 1.54) is 18.2 Å². The third-order valence-corrected chi connectivity index (χ3v) is 5.07. The number of hydrogen-bond donors (Lipinski definition) is 3. The number of hydrogen-bond acceptors (Lipinski definition) is 5. The normalized spacial score (nSPS) is 12.8. The van der Waals surface area contributed by atoms with Crippen LogP contribution in [0, 0.1) is 0 Å². The molecular formula is C16H26N2O5S. The highest BCUT2D eigenvalue weighted by Gasteiger charge is 2.20. The maximum Gasteiger partial charge on any atom is 0.337 e. The van der Waals surface area contributed by atoms with Crippen molar-refractivity contribution in [2.45, 2.75) is 44.6 Å². The number of sulfonamides is 1. The fourth-order valence-corrected chi connectivity index (χ4v) is 3.33. The molecule has 0 heterocycles. The molecule has 0 radical (unpaired) electrons. The highest BCUT2D eigenvalue weighted by Crippen LogP contribution is 2.21. The van der Waals surface area contributed by atoms with Gasteiger partial charge in [0.1, 0.15) is 0 Å². The minimum absolute atomic E-state index is 0.0555. The van der Waals surface area contributed by atoms with Crippen LogP contribution in [0.4, 0.5) is 5.69 Å². The Hall–Kier alpha value is -1.64. The van der Waals surface area contributed by atoms with Crippen molar-refractivity contribution >= 4 is 21.7 Å². The summed E-state index contributed by atoms with van der Waals surface area (Å²) in [7, 11) is -3.74. The first-order chi connectivity index (χ1) is 11.3. The lowest BCUT2D eigenvalue weighted by Crippen LogP contribution is -2.32. The molecule has 0 spiro atoms. The van der Waals surface area contributed by atoms with Gasteiger partial charge in [0, 0.05) is 31.5 Å². The molecule has 136 valence electrons. The Morgan fingerprint density at radius 3 is 2.62 bits per heavy atom. The molecule has 0 saturated heterocycles. The number of carboxylic acid groups (broad SMARTS) is 1. The van der Waals surface area contributed by atoms with Crippen molar-refractivity contribution in [3.05, 3.63) is 23.8 Å². The molecule has 24 heavy (non-hydrogen) atoms. The van der Waals surface area contributed by atoms with Crippen LogP contribution in [0.3, 0.4) is 0 Å². The third-order valence-electron chi connectivity index (χ3n) is 3.49. The molecule has 0 saturated carbocycles. The van der Waals surface area contributed by atoms with Gasteiger partial charge in [-0.15, -0.1) is 0 Å². The lowest BCUT2D eigenvalue weighted by Gasteiger charge is -2.14. The minimum Gasteiger partial charge on any atom is -0.478 e. The molecule has 1 aromatic rings. The van der Waals surface area contributed by atoms with Crippen LogP contribution in [0.25, 0.3) is 0 Å². The summed E-state index contributed by atoms with van der Waals surface area (Å²) >= 11 is 0. The van der Waals surface area contributed by atoms with Gasteiger partial charge in [0.05, 0.1) is 10.5 Å². The summed E-state index contributed by atoms with van der Waals surface area (Å²) in [5.74, 6) is -1.18. The Balaban J connectivity index is 2.92. The number of carboxylic acids is 1. The van der Waals surface area contributed by atoms with Gasteiger partial charge in [-0.25, -0.2) is 17.9 Å². The molecule has 8 heteroatoms. The maximum absolute atomic E-state index is 12.3. The van der Waals surface area contributed by atoms with Crippen LogP contribution in [0.5, 0.6) is 0 Å². The van der Waals surface area contributed by atoms with Gasteiger partial charge in [0.2, 0.25) is 10.0 Å². The van der Waals surface area contributed by atoms with Gasteiger partial charge in [0.15, 0.2) is 0 Å². The molecule has 0 aliphatic heterocycles. The molecule has 0 aromatic heterocycles. The van der Waals surface area contributed by atoms with Crippen molar-refractivity contribution in [3.8, 4) is 0 Å². The average Bonchev–Trinajstić information content (AvgIpc) is 2.54. The molecule has 1 atom stereocenters.